The number of anilines is 1. The van der Waals surface area contributed by atoms with Gasteiger partial charge in [0.15, 0.2) is 0 Å². The lowest BCUT2D eigenvalue weighted by atomic mass is 10.3. The van der Waals surface area contributed by atoms with Gasteiger partial charge in [-0.2, -0.15) is 9.98 Å². The van der Waals surface area contributed by atoms with Crippen LogP contribution in [0.5, 0.6) is 0 Å². The number of fused-ring (bicyclic) bond motifs is 1. The lowest BCUT2D eigenvalue weighted by molar-refractivity contribution is -0.105. The van der Waals surface area contributed by atoms with Gasteiger partial charge in [0.2, 0.25) is 6.41 Å². The smallest absolute Gasteiger partial charge is 0.327 e. The van der Waals surface area contributed by atoms with Gasteiger partial charge in [0, 0.05) is 0 Å². The standard InChI is InChI=1S/C8H5N3O2/c12-4-9-5-2-1-3-6-7(5)11-8(13)10-6/h1-4H,(H,9,12). The highest BCUT2D eigenvalue weighted by molar-refractivity contribution is 5.79. The minimum absolute atomic E-state index is 0.430. The normalized spacial score (nSPS) is 12.8. The van der Waals surface area contributed by atoms with E-state index in [4.69, 9.17) is 0 Å². The van der Waals surface area contributed by atoms with E-state index < -0.39 is 6.03 Å². The van der Waals surface area contributed by atoms with Gasteiger partial charge in [0.05, 0.1) is 11.0 Å². The van der Waals surface area contributed by atoms with Gasteiger partial charge >= 0.3 is 6.03 Å². The summed E-state index contributed by atoms with van der Waals surface area (Å²) in [6.45, 7) is 0. The zero-order valence-corrected chi connectivity index (χ0v) is 6.52. The molecule has 5 nitrogen and oxygen atoms in total. The van der Waals surface area contributed by atoms with E-state index in [1.165, 1.54) is 0 Å². The van der Waals surface area contributed by atoms with E-state index in [1.54, 1.807) is 18.2 Å². The van der Waals surface area contributed by atoms with Gasteiger partial charge in [-0.05, 0) is 12.1 Å². The van der Waals surface area contributed by atoms with E-state index in [1.807, 2.05) is 0 Å². The summed E-state index contributed by atoms with van der Waals surface area (Å²) in [5.74, 6) is 0. The molecule has 0 atom stereocenters. The van der Waals surface area contributed by atoms with Gasteiger partial charge in [0.25, 0.3) is 0 Å². The summed E-state index contributed by atoms with van der Waals surface area (Å²) in [6, 6.07) is 4.49. The van der Waals surface area contributed by atoms with Crippen molar-refractivity contribution in [2.75, 3.05) is 5.32 Å². The first-order valence-electron chi connectivity index (χ1n) is 3.62. The maximum atomic E-state index is 10.8. The van der Waals surface area contributed by atoms with Crippen LogP contribution in [0, 0.1) is 0 Å². The number of amides is 3. The van der Waals surface area contributed by atoms with Crippen molar-refractivity contribution in [3.05, 3.63) is 28.9 Å². The Balaban J connectivity index is 2.72. The minimum Gasteiger partial charge on any atom is -0.327 e. The predicted octanol–water partition coefficient (Wildman–Crippen LogP) is -0.372. The second kappa shape index (κ2) is 2.78. The maximum Gasteiger partial charge on any atom is 0.368 e. The van der Waals surface area contributed by atoms with Gasteiger partial charge in [-0.1, -0.05) is 6.07 Å². The fraction of sp³-hybridized carbons (Fsp3) is 0. The quantitative estimate of drug-likeness (QED) is 0.623. The molecule has 13 heavy (non-hydrogen) atoms. The predicted molar refractivity (Wildman–Crippen MR) is 43.8 cm³/mol. The summed E-state index contributed by atoms with van der Waals surface area (Å²) in [4.78, 5) is 28.3. The molecule has 64 valence electrons. The van der Waals surface area contributed by atoms with Crippen LogP contribution in [-0.4, -0.2) is 12.4 Å². The van der Waals surface area contributed by atoms with E-state index in [0.29, 0.717) is 22.8 Å². The number of para-hydroxylation sites is 1. The molecule has 1 aliphatic heterocycles. The van der Waals surface area contributed by atoms with Crippen molar-refractivity contribution in [3.8, 4) is 0 Å². The zero-order valence-electron chi connectivity index (χ0n) is 6.52. The van der Waals surface area contributed by atoms with Gasteiger partial charge in [-0.15, -0.1) is 0 Å². The molecule has 0 aliphatic carbocycles. The van der Waals surface area contributed by atoms with Crippen LogP contribution >= 0.6 is 0 Å². The first-order valence-corrected chi connectivity index (χ1v) is 3.62. The third-order valence-electron chi connectivity index (χ3n) is 1.65. The molecule has 0 spiro atoms. The average Bonchev–Trinajstić information content (AvgIpc) is 2.47. The van der Waals surface area contributed by atoms with Crippen molar-refractivity contribution in [1.29, 1.82) is 0 Å². The molecule has 5 heteroatoms. The maximum absolute atomic E-state index is 10.8. The summed E-state index contributed by atoms with van der Waals surface area (Å²) in [5, 5.41) is 3.37. The van der Waals surface area contributed by atoms with Crippen LogP contribution < -0.4 is 16.0 Å². The molecule has 1 aromatic rings. The van der Waals surface area contributed by atoms with Gasteiger partial charge in [-0.3, -0.25) is 4.79 Å². The van der Waals surface area contributed by atoms with E-state index in [9.17, 15) is 9.59 Å². The zero-order chi connectivity index (χ0) is 9.26. The summed E-state index contributed by atoms with van der Waals surface area (Å²) >= 11 is 0. The molecule has 0 saturated heterocycles. The van der Waals surface area contributed by atoms with Crippen LogP contribution in [0.3, 0.4) is 0 Å². The Hall–Kier alpha value is -2.04. The van der Waals surface area contributed by atoms with Crippen molar-refractivity contribution >= 4 is 18.1 Å². The van der Waals surface area contributed by atoms with Crippen LogP contribution in [0.1, 0.15) is 0 Å². The second-order valence-corrected chi connectivity index (χ2v) is 2.44. The topological polar surface area (TPSA) is 70.9 Å². The number of hydrogen-bond donors (Lipinski definition) is 1. The lowest BCUT2D eigenvalue weighted by Crippen LogP contribution is -2.24. The molecule has 0 saturated carbocycles. The van der Waals surface area contributed by atoms with Crippen molar-refractivity contribution in [3.63, 3.8) is 0 Å². The summed E-state index contributed by atoms with van der Waals surface area (Å²) in [7, 11) is 0. The number of urea groups is 1. The third kappa shape index (κ3) is 1.20. The Bertz CT molecular complexity index is 493. The van der Waals surface area contributed by atoms with E-state index in [0.717, 1.165) is 0 Å². The van der Waals surface area contributed by atoms with Crippen LogP contribution in [0.15, 0.2) is 28.2 Å². The van der Waals surface area contributed by atoms with Crippen LogP contribution in [0.25, 0.3) is 0 Å². The summed E-state index contributed by atoms with van der Waals surface area (Å²) < 4.78 is 0. The van der Waals surface area contributed by atoms with Gasteiger partial charge < -0.3 is 5.32 Å². The number of benzene rings is 1. The molecule has 0 unspecified atom stereocenters. The minimum atomic E-state index is -0.532. The molecule has 0 bridgehead atoms. The Morgan fingerprint density at radius 3 is 2.92 bits per heavy atom. The molecule has 1 N–H and O–H groups in total. The lowest BCUT2D eigenvalue weighted by Gasteiger charge is -1.94. The molecule has 0 aromatic heterocycles. The van der Waals surface area contributed by atoms with Crippen molar-refractivity contribution < 1.29 is 9.59 Å². The van der Waals surface area contributed by atoms with Crippen LogP contribution in [0.2, 0.25) is 0 Å². The molecule has 1 heterocycles. The number of nitrogens with one attached hydrogen (secondary N) is 1. The highest BCUT2D eigenvalue weighted by Crippen LogP contribution is 1.96. The summed E-state index contributed by atoms with van der Waals surface area (Å²) in [6.07, 6.45) is 0.536. The number of carbonyl (C=O) groups is 2. The molecular weight excluding hydrogens is 170 g/mol. The van der Waals surface area contributed by atoms with E-state index in [-0.39, 0.29) is 0 Å². The van der Waals surface area contributed by atoms with Crippen LogP contribution in [-0.2, 0) is 4.79 Å². The molecule has 2 rings (SSSR count). The van der Waals surface area contributed by atoms with Crippen molar-refractivity contribution in [2.45, 2.75) is 0 Å². The first kappa shape index (κ1) is 7.60. The number of hydrogen-bond acceptors (Lipinski definition) is 2. The van der Waals surface area contributed by atoms with Crippen molar-refractivity contribution in [2.24, 2.45) is 9.98 Å². The molecule has 0 fully saturated rings. The first-order chi connectivity index (χ1) is 6.31. The van der Waals surface area contributed by atoms with Gasteiger partial charge in [0.1, 0.15) is 5.36 Å². The Labute approximate surface area is 72.8 Å². The fourth-order valence-corrected chi connectivity index (χ4v) is 1.14. The molecule has 3 amide bonds. The summed E-state index contributed by atoms with van der Waals surface area (Å²) in [5.41, 5.74) is 0.502. The number of carbonyl (C=O) groups excluding carboxylic acids is 2. The largest absolute Gasteiger partial charge is 0.368 e. The third-order valence-corrected chi connectivity index (χ3v) is 1.65. The average molecular weight is 175 g/mol. The van der Waals surface area contributed by atoms with E-state index >= 15 is 0 Å². The number of nitrogens with zero attached hydrogens (tertiary/aromatic N) is 2. The van der Waals surface area contributed by atoms with Crippen LogP contribution in [0.4, 0.5) is 10.5 Å². The highest BCUT2D eigenvalue weighted by Gasteiger charge is 2.07. The molecule has 0 radical (unpaired) electrons. The molecule has 1 aromatic carbocycles. The Kier molecular flexibility index (Phi) is 1.63. The SMILES string of the molecule is O=CNc1cccc2c1=NC(=O)N=2. The monoisotopic (exact) mass is 175 g/mol. The molecular formula is C8H5N3O2. The van der Waals surface area contributed by atoms with E-state index in [2.05, 4.69) is 15.3 Å². The van der Waals surface area contributed by atoms with Gasteiger partial charge in [-0.25, -0.2) is 4.79 Å². The van der Waals surface area contributed by atoms with Crippen molar-refractivity contribution in [1.82, 2.24) is 0 Å². The molecule has 1 aliphatic rings. The Morgan fingerprint density at radius 1 is 1.31 bits per heavy atom. The fourth-order valence-electron chi connectivity index (χ4n) is 1.14. The number of rotatable bonds is 2. The second-order valence-electron chi connectivity index (χ2n) is 2.44. The highest BCUT2D eigenvalue weighted by atomic mass is 16.2. The Morgan fingerprint density at radius 2 is 2.15 bits per heavy atom.